The second kappa shape index (κ2) is 11.5. The van der Waals surface area contributed by atoms with Gasteiger partial charge in [-0.3, -0.25) is 19.2 Å². The number of hydrogen-bond donors (Lipinski definition) is 7. The molecule has 1 saturated heterocycles. The number of aliphatic carboxylic acids is 2. The van der Waals surface area contributed by atoms with E-state index in [1.54, 1.807) is 6.20 Å². The number of H-pyrrole nitrogens is 1. The highest BCUT2D eigenvalue weighted by molar-refractivity contribution is 7.80. The van der Waals surface area contributed by atoms with Crippen molar-refractivity contribution in [3.63, 3.8) is 0 Å². The van der Waals surface area contributed by atoms with Crippen LogP contribution in [0.3, 0.4) is 0 Å². The van der Waals surface area contributed by atoms with Crippen molar-refractivity contribution in [2.45, 2.75) is 49.9 Å². The molecule has 3 amide bonds. The van der Waals surface area contributed by atoms with Gasteiger partial charge in [0.05, 0.1) is 18.8 Å². The molecule has 176 valence electrons. The first-order chi connectivity index (χ1) is 15.1. The molecule has 14 heteroatoms. The molecule has 2 rings (SSSR count). The number of carbonyl (C=O) groups excluding carboxylic acids is 3. The van der Waals surface area contributed by atoms with Gasteiger partial charge in [-0.25, -0.2) is 9.78 Å². The Morgan fingerprint density at radius 3 is 2.53 bits per heavy atom. The van der Waals surface area contributed by atoms with Crippen molar-refractivity contribution in [1.29, 1.82) is 0 Å². The van der Waals surface area contributed by atoms with Crippen molar-refractivity contribution in [3.05, 3.63) is 18.2 Å². The second-order valence-electron chi connectivity index (χ2n) is 7.32. The van der Waals surface area contributed by atoms with E-state index in [-0.39, 0.29) is 12.2 Å². The SMILES string of the molecule is NC(Cc1cnc[nH]1)C(=O)N1CCCC1C(=O)NC(CS)C(=O)NC(CC(=O)O)C(=O)O. The zero-order valence-corrected chi connectivity index (χ0v) is 18.0. The quantitative estimate of drug-likeness (QED) is 0.174. The molecular weight excluding hydrogens is 444 g/mol. The minimum atomic E-state index is -1.66. The molecule has 1 aliphatic heterocycles. The number of amides is 3. The molecule has 32 heavy (non-hydrogen) atoms. The lowest BCUT2D eigenvalue weighted by atomic mass is 10.1. The predicted octanol–water partition coefficient (Wildman–Crippen LogP) is -2.27. The summed E-state index contributed by atoms with van der Waals surface area (Å²) in [6.45, 7) is 0.324. The normalized spacial score (nSPS) is 18.4. The average Bonchev–Trinajstić information content (AvgIpc) is 3.42. The summed E-state index contributed by atoms with van der Waals surface area (Å²) in [7, 11) is 0. The van der Waals surface area contributed by atoms with E-state index >= 15 is 0 Å². The van der Waals surface area contributed by atoms with Gasteiger partial charge in [-0.15, -0.1) is 0 Å². The highest BCUT2D eigenvalue weighted by Gasteiger charge is 2.38. The Kier molecular flexibility index (Phi) is 9.02. The maximum atomic E-state index is 12.8. The Balaban J connectivity index is 2.00. The molecular formula is C18H26N6O7S. The summed E-state index contributed by atoms with van der Waals surface area (Å²) in [6.07, 6.45) is 3.33. The number of thiol groups is 1. The Hall–Kier alpha value is -3.13. The lowest BCUT2D eigenvalue weighted by Crippen LogP contribution is -2.57. The Morgan fingerprint density at radius 1 is 1.25 bits per heavy atom. The fourth-order valence-corrected chi connectivity index (χ4v) is 3.60. The minimum Gasteiger partial charge on any atom is -0.481 e. The fraction of sp³-hybridized carbons (Fsp3) is 0.556. The van der Waals surface area contributed by atoms with Crippen LogP contribution in [0.5, 0.6) is 0 Å². The van der Waals surface area contributed by atoms with E-state index in [4.69, 9.17) is 15.9 Å². The third-order valence-electron chi connectivity index (χ3n) is 4.96. The van der Waals surface area contributed by atoms with Crippen LogP contribution in [0.4, 0.5) is 0 Å². The number of nitrogens with two attached hydrogens (primary N) is 1. The lowest BCUT2D eigenvalue weighted by molar-refractivity contribution is -0.147. The van der Waals surface area contributed by atoms with Crippen LogP contribution >= 0.6 is 12.6 Å². The minimum absolute atomic E-state index is 0.170. The zero-order valence-electron chi connectivity index (χ0n) is 17.1. The van der Waals surface area contributed by atoms with Gasteiger partial charge < -0.3 is 36.5 Å². The van der Waals surface area contributed by atoms with Crippen molar-refractivity contribution in [2.24, 2.45) is 5.73 Å². The van der Waals surface area contributed by atoms with E-state index in [9.17, 15) is 24.0 Å². The molecule has 7 N–H and O–H groups in total. The highest BCUT2D eigenvalue weighted by atomic mass is 32.1. The van der Waals surface area contributed by atoms with Crippen LogP contribution in [0.1, 0.15) is 25.0 Å². The van der Waals surface area contributed by atoms with Gasteiger partial charge in [0.25, 0.3) is 0 Å². The summed E-state index contributed by atoms with van der Waals surface area (Å²) in [5, 5.41) is 22.4. The molecule has 0 spiro atoms. The first-order valence-electron chi connectivity index (χ1n) is 9.83. The summed E-state index contributed by atoms with van der Waals surface area (Å²) in [4.78, 5) is 68.0. The Morgan fingerprint density at radius 2 is 1.97 bits per heavy atom. The van der Waals surface area contributed by atoms with Crippen LogP contribution in [0.2, 0.25) is 0 Å². The number of carbonyl (C=O) groups is 5. The molecule has 4 unspecified atom stereocenters. The molecule has 1 fully saturated rings. The molecule has 2 heterocycles. The average molecular weight is 471 g/mol. The summed E-state index contributed by atoms with van der Waals surface area (Å²) in [5.74, 6) is -5.02. The van der Waals surface area contributed by atoms with Crippen molar-refractivity contribution < 1.29 is 34.2 Å². The third kappa shape index (κ3) is 6.68. The van der Waals surface area contributed by atoms with Gasteiger partial charge in [-0.05, 0) is 12.8 Å². The highest BCUT2D eigenvalue weighted by Crippen LogP contribution is 2.19. The molecule has 0 aliphatic carbocycles. The number of imidazole rings is 1. The molecule has 1 aromatic rings. The van der Waals surface area contributed by atoms with E-state index in [0.717, 1.165) is 0 Å². The standard InChI is InChI=1S/C18H26N6O7S/c19-10(4-9-6-20-8-21-9)17(29)24-3-1-2-13(24)16(28)23-12(7-32)15(27)22-11(18(30)31)5-14(25)26/h6,8,10-13,32H,1-5,7,19H2,(H,20,21)(H,22,27)(H,23,28)(H,25,26)(H,30,31). The van der Waals surface area contributed by atoms with Crippen LogP contribution in [-0.2, 0) is 30.4 Å². The number of aromatic nitrogens is 2. The molecule has 1 aliphatic rings. The van der Waals surface area contributed by atoms with Gasteiger partial charge in [0, 0.05) is 30.6 Å². The molecule has 0 bridgehead atoms. The molecule has 13 nitrogen and oxygen atoms in total. The van der Waals surface area contributed by atoms with E-state index < -0.39 is 60.2 Å². The number of carboxylic acid groups (broad SMARTS) is 2. The smallest absolute Gasteiger partial charge is 0.326 e. The number of nitrogens with zero attached hydrogens (tertiary/aromatic N) is 2. The number of carboxylic acids is 2. The van der Waals surface area contributed by atoms with E-state index in [1.165, 1.54) is 11.2 Å². The topological polar surface area (TPSA) is 208 Å². The van der Waals surface area contributed by atoms with Gasteiger partial charge in [-0.1, -0.05) is 0 Å². The van der Waals surface area contributed by atoms with Crippen LogP contribution in [0.25, 0.3) is 0 Å². The Labute approximate surface area is 188 Å². The Bertz CT molecular complexity index is 849. The van der Waals surface area contributed by atoms with Crippen molar-refractivity contribution >= 4 is 42.3 Å². The fourth-order valence-electron chi connectivity index (χ4n) is 3.35. The second-order valence-corrected chi connectivity index (χ2v) is 7.68. The van der Waals surface area contributed by atoms with Gasteiger partial charge in [0.2, 0.25) is 17.7 Å². The monoisotopic (exact) mass is 470 g/mol. The van der Waals surface area contributed by atoms with Crippen molar-refractivity contribution in [1.82, 2.24) is 25.5 Å². The van der Waals surface area contributed by atoms with Gasteiger partial charge in [0.1, 0.15) is 18.1 Å². The first-order valence-corrected chi connectivity index (χ1v) is 10.5. The van der Waals surface area contributed by atoms with E-state index in [0.29, 0.717) is 25.1 Å². The third-order valence-corrected chi connectivity index (χ3v) is 5.32. The van der Waals surface area contributed by atoms with Gasteiger partial charge in [0.15, 0.2) is 0 Å². The van der Waals surface area contributed by atoms with Crippen molar-refractivity contribution in [2.75, 3.05) is 12.3 Å². The van der Waals surface area contributed by atoms with Crippen LogP contribution in [-0.4, -0.2) is 91.2 Å². The predicted molar refractivity (Wildman–Crippen MR) is 113 cm³/mol. The molecule has 0 radical (unpaired) electrons. The van der Waals surface area contributed by atoms with Crippen molar-refractivity contribution in [3.8, 4) is 0 Å². The molecule has 4 atom stereocenters. The number of aromatic amines is 1. The number of likely N-dealkylation sites (tertiary alicyclic amines) is 1. The molecule has 1 aromatic heterocycles. The van der Waals surface area contributed by atoms with Crippen LogP contribution in [0.15, 0.2) is 12.5 Å². The zero-order chi connectivity index (χ0) is 23.8. The van der Waals surface area contributed by atoms with Gasteiger partial charge >= 0.3 is 11.9 Å². The molecule has 0 saturated carbocycles. The number of hydrogen-bond acceptors (Lipinski definition) is 8. The maximum Gasteiger partial charge on any atom is 0.326 e. The summed E-state index contributed by atoms with van der Waals surface area (Å²) in [5.41, 5.74) is 6.67. The lowest BCUT2D eigenvalue weighted by Gasteiger charge is -2.28. The summed E-state index contributed by atoms with van der Waals surface area (Å²) >= 11 is 4.01. The van der Waals surface area contributed by atoms with Crippen LogP contribution < -0.4 is 16.4 Å². The summed E-state index contributed by atoms with van der Waals surface area (Å²) < 4.78 is 0. The molecule has 0 aromatic carbocycles. The number of rotatable bonds is 11. The number of nitrogens with one attached hydrogen (secondary N) is 3. The maximum absolute atomic E-state index is 12.8. The van der Waals surface area contributed by atoms with E-state index in [2.05, 4.69) is 33.2 Å². The van der Waals surface area contributed by atoms with Crippen LogP contribution in [0, 0.1) is 0 Å². The van der Waals surface area contributed by atoms with Gasteiger partial charge in [-0.2, -0.15) is 12.6 Å². The largest absolute Gasteiger partial charge is 0.481 e. The first kappa shape index (κ1) is 25.1. The summed E-state index contributed by atoms with van der Waals surface area (Å²) in [6, 6.07) is -4.62. The van der Waals surface area contributed by atoms with E-state index in [1.807, 2.05) is 0 Å².